The van der Waals surface area contributed by atoms with Gasteiger partial charge in [-0.25, -0.2) is 27.2 Å². The van der Waals surface area contributed by atoms with Gasteiger partial charge in [0, 0.05) is 23.9 Å². The molecule has 2 amide bonds. The van der Waals surface area contributed by atoms with E-state index in [0.29, 0.717) is 53.9 Å². The number of alkyl halides is 1. The summed E-state index contributed by atoms with van der Waals surface area (Å²) in [5.74, 6) is -0.109. The van der Waals surface area contributed by atoms with Crippen molar-refractivity contribution < 1.29 is 22.5 Å². The van der Waals surface area contributed by atoms with Crippen molar-refractivity contribution in [3.8, 4) is 5.88 Å². The molecule has 1 aromatic heterocycles. The highest BCUT2D eigenvalue weighted by Crippen LogP contribution is 2.45. The van der Waals surface area contributed by atoms with Gasteiger partial charge in [0.2, 0.25) is 5.88 Å². The molecule has 2 N–H and O–H groups in total. The highest BCUT2D eigenvalue weighted by atomic mass is 32.2. The van der Waals surface area contributed by atoms with E-state index in [1.54, 1.807) is 4.68 Å². The van der Waals surface area contributed by atoms with Crippen molar-refractivity contribution in [2.75, 3.05) is 11.9 Å². The highest BCUT2D eigenvalue weighted by molar-refractivity contribution is 7.92. The molecule has 3 aliphatic rings. The quantitative estimate of drug-likeness (QED) is 0.168. The van der Waals surface area contributed by atoms with E-state index in [2.05, 4.69) is 29.0 Å². The minimum Gasteiger partial charge on any atom is -0.476 e. The number of hydrogen-bond donors (Lipinski definition) is 2. The monoisotopic (exact) mass is 707 g/mol. The summed E-state index contributed by atoms with van der Waals surface area (Å²) in [7, 11) is -3.97. The number of amides is 2. The molecule has 0 radical (unpaired) electrons. The zero-order valence-corrected chi connectivity index (χ0v) is 29.3. The van der Waals surface area contributed by atoms with Gasteiger partial charge < -0.3 is 10.1 Å². The van der Waals surface area contributed by atoms with Crippen LogP contribution in [0.5, 0.6) is 5.88 Å². The summed E-state index contributed by atoms with van der Waals surface area (Å²) in [4.78, 5) is 14.5. The number of fused-ring (bicyclic) bond motifs is 3. The van der Waals surface area contributed by atoms with Gasteiger partial charge >= 0.3 is 6.03 Å². The Labute approximate surface area is 296 Å². The highest BCUT2D eigenvalue weighted by Gasteiger charge is 2.42. The second-order valence-electron chi connectivity index (χ2n) is 14.4. The number of halogens is 2. The van der Waals surface area contributed by atoms with Crippen molar-refractivity contribution in [1.82, 2.24) is 14.5 Å². The number of benzene rings is 4. The molecule has 1 aliphatic heterocycles. The maximum Gasteiger partial charge on any atom is 0.331 e. The average Bonchev–Trinajstić information content (AvgIpc) is 3.89. The molecule has 0 spiro atoms. The first-order valence-electron chi connectivity index (χ1n) is 17.3. The van der Waals surface area contributed by atoms with Crippen LogP contribution in [0.15, 0.2) is 106 Å². The van der Waals surface area contributed by atoms with Crippen molar-refractivity contribution in [1.29, 1.82) is 0 Å². The summed E-state index contributed by atoms with van der Waals surface area (Å²) in [6.45, 7) is 4.95. The molecule has 0 bridgehead atoms. The minimum absolute atomic E-state index is 0.00538. The molecule has 2 aliphatic carbocycles. The second kappa shape index (κ2) is 12.6. The number of carbonyl (C=O) groups excluding carboxylic acids is 1. The normalized spacial score (nSPS) is 18.5. The molecule has 2 heterocycles. The van der Waals surface area contributed by atoms with Gasteiger partial charge in [-0.3, -0.25) is 0 Å². The lowest BCUT2D eigenvalue weighted by molar-refractivity contribution is 0.0971. The fourth-order valence-corrected chi connectivity index (χ4v) is 9.66. The summed E-state index contributed by atoms with van der Waals surface area (Å²) < 4.78 is 62.3. The first kappa shape index (κ1) is 33.1. The first-order chi connectivity index (χ1) is 24.6. The number of anilines is 1. The third-order valence-electron chi connectivity index (χ3n) is 10.1. The third-order valence-corrected chi connectivity index (χ3v) is 12.0. The predicted octanol–water partition coefficient (Wildman–Crippen LogP) is 7.92. The van der Waals surface area contributed by atoms with Crippen LogP contribution in [0.1, 0.15) is 59.2 Å². The molecule has 8 nitrogen and oxygen atoms in total. The fourth-order valence-electron chi connectivity index (χ4n) is 7.81. The Morgan fingerprint density at radius 3 is 2.08 bits per heavy atom. The Hall–Kier alpha value is -5.03. The lowest BCUT2D eigenvalue weighted by atomic mass is 9.78. The van der Waals surface area contributed by atoms with Crippen LogP contribution in [0.2, 0.25) is 0 Å². The molecule has 11 heteroatoms. The van der Waals surface area contributed by atoms with Crippen molar-refractivity contribution in [2.24, 2.45) is 9.78 Å². The summed E-state index contributed by atoms with van der Waals surface area (Å²) in [6, 6.07) is 27.8. The topological polar surface area (TPSA) is 97.6 Å². The number of hydrogen-bond acceptors (Lipinski definition) is 5. The minimum atomic E-state index is -3.97. The largest absolute Gasteiger partial charge is 0.476 e. The Morgan fingerprint density at radius 1 is 0.902 bits per heavy atom. The van der Waals surface area contributed by atoms with Gasteiger partial charge in [-0.2, -0.15) is 9.46 Å². The number of aromatic nitrogens is 2. The van der Waals surface area contributed by atoms with Crippen molar-refractivity contribution >= 4 is 21.6 Å². The van der Waals surface area contributed by atoms with Crippen molar-refractivity contribution in [2.45, 2.75) is 69.1 Å². The molecule has 0 fully saturated rings. The van der Waals surface area contributed by atoms with E-state index in [4.69, 9.17) is 9.10 Å². The number of urea groups is 1. The maximum absolute atomic E-state index is 16.0. The second-order valence-corrected chi connectivity index (χ2v) is 16.2. The Bertz CT molecular complexity index is 2150. The number of ether oxygens (including phenoxy) is 1. The molecule has 262 valence electrons. The molecule has 0 saturated carbocycles. The molecular formula is C40H39F2N5O3S. The van der Waals surface area contributed by atoms with Gasteiger partial charge in [0.05, 0.1) is 19.3 Å². The lowest BCUT2D eigenvalue weighted by Crippen LogP contribution is -2.39. The van der Waals surface area contributed by atoms with Crippen LogP contribution < -0.4 is 14.8 Å². The predicted molar refractivity (Wildman–Crippen MR) is 192 cm³/mol. The summed E-state index contributed by atoms with van der Waals surface area (Å²) in [5, 5.41) is 7.48. The summed E-state index contributed by atoms with van der Waals surface area (Å²) >= 11 is 0. The molecule has 5 aromatic rings. The van der Waals surface area contributed by atoms with Crippen molar-refractivity contribution in [3.05, 3.63) is 142 Å². The molecule has 1 unspecified atom stereocenters. The van der Waals surface area contributed by atoms with Crippen LogP contribution in [-0.4, -0.2) is 32.8 Å². The van der Waals surface area contributed by atoms with E-state index in [9.17, 15) is 9.18 Å². The van der Waals surface area contributed by atoms with E-state index >= 15 is 8.60 Å². The van der Waals surface area contributed by atoms with Crippen molar-refractivity contribution in [3.63, 3.8) is 0 Å². The first-order valence-corrected chi connectivity index (χ1v) is 18.8. The fraction of sp³-hybridized carbons (Fsp3) is 0.300. The SMILES string of the molecule is CC1(C)COc2c(S(=O)(=NC(c3ccccc3)(c3ccccc3)c3ccccc3)NC(=O)Nc3c4c(c(F)c5c3C[C@@H](F)C5)CCC4)cnn2C1. The summed E-state index contributed by atoms with van der Waals surface area (Å²) in [5.41, 5.74) is 2.91. The van der Waals surface area contributed by atoms with Crippen LogP contribution in [0.25, 0.3) is 0 Å². The van der Waals surface area contributed by atoms with Gasteiger partial charge in [-0.15, -0.1) is 0 Å². The lowest BCUT2D eigenvalue weighted by Gasteiger charge is -2.34. The van der Waals surface area contributed by atoms with E-state index in [-0.39, 0.29) is 34.8 Å². The molecular weight excluding hydrogens is 669 g/mol. The molecule has 0 saturated heterocycles. The van der Waals surface area contributed by atoms with Crippen LogP contribution >= 0.6 is 0 Å². The van der Waals surface area contributed by atoms with Gasteiger partial charge in [-0.1, -0.05) is 105 Å². The zero-order valence-electron chi connectivity index (χ0n) is 28.5. The maximum atomic E-state index is 16.0. The molecule has 2 atom stereocenters. The smallest absolute Gasteiger partial charge is 0.331 e. The van der Waals surface area contributed by atoms with E-state index in [1.165, 1.54) is 6.20 Å². The molecule has 4 aromatic carbocycles. The number of carbonyl (C=O) groups is 1. The van der Waals surface area contributed by atoms with Gasteiger partial charge in [0.1, 0.15) is 22.4 Å². The van der Waals surface area contributed by atoms with Crippen LogP contribution in [0, 0.1) is 11.2 Å². The Kier molecular flexibility index (Phi) is 8.21. The number of nitrogens with one attached hydrogen (secondary N) is 2. The van der Waals surface area contributed by atoms with E-state index in [1.807, 2.05) is 91.0 Å². The zero-order chi connectivity index (χ0) is 35.4. The molecule has 8 rings (SSSR count). The standard InChI is InChI=1S/C40H39F2N5O3S/c1-39(2)24-47-37(50-25-39)34(23-43-47)51(49,45-38(48)44-36-31-20-12-19-30(31)35(42)32-21-29(41)22-33(32)36)46-40(26-13-6-3-7-14-26,27-15-8-4-9-16-27)28-17-10-5-11-18-28/h3-11,13-18,23,29H,12,19-22,24-25H2,1-2H3,(H2,44,45,46,48,49)/t29-,51?/m0/s1. The number of nitrogens with zero attached hydrogens (tertiary/aromatic N) is 3. The Balaban J connectivity index is 1.34. The van der Waals surface area contributed by atoms with E-state index < -0.39 is 27.7 Å². The summed E-state index contributed by atoms with van der Waals surface area (Å²) in [6.07, 6.45) is 1.94. The van der Waals surface area contributed by atoms with Gasteiger partial charge in [0.25, 0.3) is 0 Å². The van der Waals surface area contributed by atoms with Crippen LogP contribution in [-0.2, 0) is 47.7 Å². The number of rotatable bonds is 7. The average molecular weight is 708 g/mol. The molecule has 51 heavy (non-hydrogen) atoms. The Morgan fingerprint density at radius 2 is 1.47 bits per heavy atom. The van der Waals surface area contributed by atoms with Crippen LogP contribution in [0.3, 0.4) is 0 Å². The third kappa shape index (κ3) is 5.77. The van der Waals surface area contributed by atoms with Crippen LogP contribution in [0.4, 0.5) is 19.3 Å². The van der Waals surface area contributed by atoms with Gasteiger partial charge in [-0.05, 0) is 58.2 Å². The van der Waals surface area contributed by atoms with E-state index in [0.717, 1.165) is 23.1 Å². The van der Waals surface area contributed by atoms with Gasteiger partial charge in [0.15, 0.2) is 9.92 Å².